The summed E-state index contributed by atoms with van der Waals surface area (Å²) in [5.41, 5.74) is 1.77. The molecule has 4 rings (SSSR count). The van der Waals surface area contributed by atoms with Crippen molar-refractivity contribution < 1.29 is 13.9 Å². The lowest BCUT2D eigenvalue weighted by atomic mass is 9.95. The zero-order chi connectivity index (χ0) is 13.0. The summed E-state index contributed by atoms with van der Waals surface area (Å²) in [6, 6.07) is 4.65. The summed E-state index contributed by atoms with van der Waals surface area (Å²) in [5, 5.41) is 11.4. The molecule has 0 saturated carbocycles. The van der Waals surface area contributed by atoms with Gasteiger partial charge in [-0.3, -0.25) is 0 Å². The monoisotopic (exact) mass is 256 g/mol. The molecule has 4 heteroatoms. The number of benzene rings is 1. The highest BCUT2D eigenvalue weighted by Crippen LogP contribution is 2.35. The van der Waals surface area contributed by atoms with Crippen LogP contribution in [0.25, 0.3) is 21.9 Å². The second-order valence-electron chi connectivity index (χ2n) is 5.01. The molecule has 1 aliphatic carbocycles. The van der Waals surface area contributed by atoms with Gasteiger partial charge in [-0.25, -0.2) is 4.79 Å². The zero-order valence-electron chi connectivity index (χ0n) is 10.2. The first-order valence-corrected chi connectivity index (χ1v) is 6.43. The maximum atomic E-state index is 11.3. The topological polar surface area (TPSA) is 63.6 Å². The predicted octanol–water partition coefficient (Wildman–Crippen LogP) is 3.12. The van der Waals surface area contributed by atoms with Crippen LogP contribution in [0.3, 0.4) is 0 Å². The van der Waals surface area contributed by atoms with Gasteiger partial charge >= 0.3 is 5.63 Å². The van der Waals surface area contributed by atoms with Crippen molar-refractivity contribution in [3.63, 3.8) is 0 Å². The van der Waals surface area contributed by atoms with Crippen molar-refractivity contribution in [3.05, 3.63) is 39.9 Å². The minimum absolute atomic E-state index is 0.0427. The molecule has 2 aromatic heterocycles. The van der Waals surface area contributed by atoms with Crippen molar-refractivity contribution in [1.29, 1.82) is 0 Å². The lowest BCUT2D eigenvalue weighted by molar-refractivity contribution is 0.468. The lowest BCUT2D eigenvalue weighted by Gasteiger charge is -2.08. The van der Waals surface area contributed by atoms with Crippen LogP contribution in [0.1, 0.15) is 24.2 Å². The van der Waals surface area contributed by atoms with E-state index in [-0.39, 0.29) is 5.75 Å². The molecule has 2 heterocycles. The van der Waals surface area contributed by atoms with Crippen LogP contribution in [0.4, 0.5) is 0 Å². The Balaban J connectivity index is 2.14. The van der Waals surface area contributed by atoms with Crippen LogP contribution in [-0.2, 0) is 12.8 Å². The van der Waals surface area contributed by atoms with E-state index in [0.717, 1.165) is 48.5 Å². The molecule has 0 unspecified atom stereocenters. The fraction of sp³-hybridized carbons (Fsp3) is 0.267. The third-order valence-corrected chi connectivity index (χ3v) is 3.80. The standard InChI is InChI=1S/C15H12O4/c16-11-6-15(17)19-14-7-13-9(5-10(11)14)8-3-1-2-4-12(8)18-13/h5-7,16H,1-4H2. The maximum absolute atomic E-state index is 11.3. The quantitative estimate of drug-likeness (QED) is 0.628. The molecule has 0 bridgehead atoms. The molecular formula is C15H12O4. The number of aryl methyl sites for hydroxylation is 2. The first-order chi connectivity index (χ1) is 9.22. The smallest absolute Gasteiger partial charge is 0.339 e. The Bertz CT molecular complexity index is 854. The van der Waals surface area contributed by atoms with Gasteiger partial charge < -0.3 is 13.9 Å². The van der Waals surface area contributed by atoms with Crippen molar-refractivity contribution in [2.24, 2.45) is 0 Å². The van der Waals surface area contributed by atoms with Gasteiger partial charge in [-0.05, 0) is 25.3 Å². The Hall–Kier alpha value is -2.23. The molecule has 0 radical (unpaired) electrons. The molecule has 0 amide bonds. The first kappa shape index (κ1) is 10.7. The van der Waals surface area contributed by atoms with Crippen LogP contribution < -0.4 is 5.63 Å². The Kier molecular flexibility index (Phi) is 2.04. The fourth-order valence-electron chi connectivity index (χ4n) is 2.90. The summed E-state index contributed by atoms with van der Waals surface area (Å²) in [4.78, 5) is 11.3. The zero-order valence-corrected chi connectivity index (χ0v) is 10.2. The third kappa shape index (κ3) is 1.49. The van der Waals surface area contributed by atoms with Crippen LogP contribution in [0.2, 0.25) is 0 Å². The van der Waals surface area contributed by atoms with Gasteiger partial charge in [0.1, 0.15) is 22.7 Å². The van der Waals surface area contributed by atoms with Crippen molar-refractivity contribution in [3.8, 4) is 5.75 Å². The van der Waals surface area contributed by atoms with E-state index in [1.165, 1.54) is 5.56 Å². The molecule has 0 saturated heterocycles. The number of hydrogen-bond donors (Lipinski definition) is 1. The van der Waals surface area contributed by atoms with Crippen LogP contribution in [0, 0.1) is 0 Å². The van der Waals surface area contributed by atoms with Gasteiger partial charge in [0.25, 0.3) is 0 Å². The normalized spacial score (nSPS) is 14.9. The number of fused-ring (bicyclic) bond motifs is 4. The largest absolute Gasteiger partial charge is 0.507 e. The predicted molar refractivity (Wildman–Crippen MR) is 70.6 cm³/mol. The third-order valence-electron chi connectivity index (χ3n) is 3.80. The molecule has 96 valence electrons. The number of rotatable bonds is 0. The molecule has 1 N–H and O–H groups in total. The summed E-state index contributed by atoms with van der Waals surface area (Å²) in [5.74, 6) is 0.984. The maximum Gasteiger partial charge on any atom is 0.339 e. The van der Waals surface area contributed by atoms with E-state index in [0.29, 0.717) is 11.0 Å². The van der Waals surface area contributed by atoms with E-state index < -0.39 is 5.63 Å². The summed E-state index contributed by atoms with van der Waals surface area (Å²) in [6.45, 7) is 0. The number of furan rings is 1. The highest BCUT2D eigenvalue weighted by molar-refractivity contribution is 5.97. The minimum Gasteiger partial charge on any atom is -0.507 e. The molecule has 1 aromatic carbocycles. The van der Waals surface area contributed by atoms with Gasteiger partial charge in [-0.1, -0.05) is 0 Å². The summed E-state index contributed by atoms with van der Waals surface area (Å²) in [7, 11) is 0. The SMILES string of the molecule is O=c1cc(O)c2cc3c4c(oc3cc2o1)CCCC4. The van der Waals surface area contributed by atoms with Gasteiger partial charge in [0, 0.05) is 23.4 Å². The van der Waals surface area contributed by atoms with Crippen molar-refractivity contribution >= 4 is 21.9 Å². The summed E-state index contributed by atoms with van der Waals surface area (Å²) >= 11 is 0. The Morgan fingerprint density at radius 2 is 1.74 bits per heavy atom. The van der Waals surface area contributed by atoms with Crippen molar-refractivity contribution in [2.45, 2.75) is 25.7 Å². The molecule has 4 nitrogen and oxygen atoms in total. The first-order valence-electron chi connectivity index (χ1n) is 6.43. The number of aromatic hydroxyl groups is 1. The van der Waals surface area contributed by atoms with Crippen molar-refractivity contribution in [2.75, 3.05) is 0 Å². The summed E-state index contributed by atoms with van der Waals surface area (Å²) in [6.07, 6.45) is 4.27. The van der Waals surface area contributed by atoms with Crippen LogP contribution in [0.5, 0.6) is 5.75 Å². The number of hydrogen-bond acceptors (Lipinski definition) is 4. The molecule has 3 aromatic rings. The fourth-order valence-corrected chi connectivity index (χ4v) is 2.90. The molecule has 0 spiro atoms. The van der Waals surface area contributed by atoms with E-state index in [1.807, 2.05) is 6.07 Å². The molecule has 0 aliphatic heterocycles. The highest BCUT2D eigenvalue weighted by atomic mass is 16.4. The Morgan fingerprint density at radius 3 is 2.63 bits per heavy atom. The molecule has 0 atom stereocenters. The molecule has 19 heavy (non-hydrogen) atoms. The van der Waals surface area contributed by atoms with Crippen LogP contribution in [0.15, 0.2) is 31.8 Å². The van der Waals surface area contributed by atoms with Crippen molar-refractivity contribution in [1.82, 2.24) is 0 Å². The average Bonchev–Trinajstić information content (AvgIpc) is 2.74. The van der Waals surface area contributed by atoms with E-state index >= 15 is 0 Å². The van der Waals surface area contributed by atoms with Crippen LogP contribution in [-0.4, -0.2) is 5.11 Å². The van der Waals surface area contributed by atoms with Gasteiger partial charge in [0.15, 0.2) is 0 Å². The van der Waals surface area contributed by atoms with Gasteiger partial charge in [-0.2, -0.15) is 0 Å². The van der Waals surface area contributed by atoms with Gasteiger partial charge in [0.2, 0.25) is 0 Å². The van der Waals surface area contributed by atoms with Crippen LogP contribution >= 0.6 is 0 Å². The Morgan fingerprint density at radius 1 is 0.947 bits per heavy atom. The van der Waals surface area contributed by atoms with E-state index in [9.17, 15) is 9.90 Å². The second kappa shape index (κ2) is 3.63. The molecular weight excluding hydrogens is 244 g/mol. The minimum atomic E-state index is -0.555. The van der Waals surface area contributed by atoms with E-state index in [4.69, 9.17) is 8.83 Å². The average molecular weight is 256 g/mol. The van der Waals surface area contributed by atoms with Gasteiger partial charge in [0.05, 0.1) is 11.5 Å². The van der Waals surface area contributed by atoms with E-state index in [1.54, 1.807) is 6.07 Å². The summed E-state index contributed by atoms with van der Waals surface area (Å²) < 4.78 is 10.9. The molecule has 1 aliphatic rings. The van der Waals surface area contributed by atoms with E-state index in [2.05, 4.69) is 0 Å². The Labute approximate surface area is 108 Å². The molecule has 0 fully saturated rings. The highest BCUT2D eigenvalue weighted by Gasteiger charge is 2.19. The van der Waals surface area contributed by atoms with Gasteiger partial charge in [-0.15, -0.1) is 0 Å². The second-order valence-corrected chi connectivity index (χ2v) is 5.01. The lowest BCUT2D eigenvalue weighted by Crippen LogP contribution is -1.98.